The summed E-state index contributed by atoms with van der Waals surface area (Å²) in [5, 5.41) is 8.94. The van der Waals surface area contributed by atoms with Crippen LogP contribution in [0, 0.1) is 24.7 Å². The number of aryl methyl sites for hydroxylation is 1. The molecule has 3 nitrogen and oxygen atoms in total. The Balaban J connectivity index is 0.000000637. The van der Waals surface area contributed by atoms with E-state index in [1.54, 1.807) is 11.9 Å². The second-order valence-electron chi connectivity index (χ2n) is 4.94. The van der Waals surface area contributed by atoms with Crippen LogP contribution in [0.5, 0.6) is 0 Å². The maximum absolute atomic E-state index is 10.9. The van der Waals surface area contributed by atoms with Gasteiger partial charge in [-0.25, -0.2) is 4.31 Å². The lowest BCUT2D eigenvalue weighted by Crippen LogP contribution is -2.19. The van der Waals surface area contributed by atoms with Gasteiger partial charge in [0, 0.05) is 18.0 Å². The second-order valence-corrected chi connectivity index (χ2v) is 6.11. The number of benzene rings is 1. The number of carboxylic acids is 1. The molecular weight excluding hydrogens is 258 g/mol. The summed E-state index contributed by atoms with van der Waals surface area (Å²) in [7, 11) is 0. The fourth-order valence-corrected chi connectivity index (χ4v) is 3.73. The molecule has 1 heterocycles. The number of rotatable bonds is 3. The van der Waals surface area contributed by atoms with Crippen LogP contribution in [-0.4, -0.2) is 28.5 Å². The molecular formula is C15H21NO2S. The predicted molar refractivity (Wildman–Crippen MR) is 78.1 cm³/mol. The van der Waals surface area contributed by atoms with Gasteiger partial charge in [0.05, 0.1) is 5.92 Å². The van der Waals surface area contributed by atoms with Crippen LogP contribution in [0.2, 0.25) is 0 Å². The molecule has 4 heteroatoms. The highest BCUT2D eigenvalue weighted by Crippen LogP contribution is 2.53. The van der Waals surface area contributed by atoms with Crippen molar-refractivity contribution in [2.45, 2.75) is 25.7 Å². The van der Waals surface area contributed by atoms with E-state index in [1.807, 2.05) is 13.8 Å². The summed E-state index contributed by atoms with van der Waals surface area (Å²) in [6.45, 7) is 7.91. The van der Waals surface area contributed by atoms with Crippen molar-refractivity contribution in [2.75, 3.05) is 13.1 Å². The Morgan fingerprint density at radius 3 is 2.21 bits per heavy atom. The first-order chi connectivity index (χ1) is 9.15. The molecule has 1 saturated carbocycles. The zero-order valence-electron chi connectivity index (χ0n) is 11.7. The molecule has 1 saturated heterocycles. The molecule has 19 heavy (non-hydrogen) atoms. The molecule has 104 valence electrons. The predicted octanol–water partition coefficient (Wildman–Crippen LogP) is 3.29. The third-order valence-electron chi connectivity index (χ3n) is 3.70. The van der Waals surface area contributed by atoms with Gasteiger partial charge in [0.1, 0.15) is 0 Å². The topological polar surface area (TPSA) is 40.5 Å². The second kappa shape index (κ2) is 5.97. The van der Waals surface area contributed by atoms with E-state index in [0.717, 1.165) is 13.1 Å². The normalized spacial score (nSPS) is 28.3. The van der Waals surface area contributed by atoms with Gasteiger partial charge in [-0.05, 0) is 42.8 Å². The summed E-state index contributed by atoms with van der Waals surface area (Å²) in [5.74, 6) is 0.112. The van der Waals surface area contributed by atoms with Crippen LogP contribution in [0.3, 0.4) is 0 Å². The van der Waals surface area contributed by atoms with Crippen molar-refractivity contribution in [3.8, 4) is 0 Å². The van der Waals surface area contributed by atoms with Crippen LogP contribution >= 0.6 is 11.9 Å². The molecule has 0 radical (unpaired) electrons. The average Bonchev–Trinajstić information content (AvgIpc) is 2.93. The molecule has 2 unspecified atom stereocenters. The van der Waals surface area contributed by atoms with E-state index in [1.165, 1.54) is 10.5 Å². The first-order valence-corrected chi connectivity index (χ1v) is 7.65. The molecule has 1 aromatic rings. The molecule has 0 aromatic heterocycles. The quantitative estimate of drug-likeness (QED) is 0.862. The molecule has 2 aliphatic rings. The Labute approximate surface area is 119 Å². The number of aliphatic carboxylic acids is 1. The smallest absolute Gasteiger partial charge is 0.307 e. The van der Waals surface area contributed by atoms with Crippen molar-refractivity contribution in [1.82, 2.24) is 4.31 Å². The van der Waals surface area contributed by atoms with E-state index < -0.39 is 5.97 Å². The fraction of sp³-hybridized carbons (Fsp3) is 0.533. The van der Waals surface area contributed by atoms with Gasteiger partial charge in [0.15, 0.2) is 0 Å². The number of fused-ring (bicyclic) bond motifs is 1. The Kier molecular flexibility index (Phi) is 4.53. The van der Waals surface area contributed by atoms with Gasteiger partial charge in [-0.3, -0.25) is 4.79 Å². The minimum absolute atomic E-state index is 0.0649. The standard InChI is InChI=1S/C13H15NO2S.C2H6/c1-8-2-4-9(5-3-8)17-14-6-10-11(7-14)12(10)13(15)16;1-2/h2-5,10-12H,6-7H2,1H3,(H,15,16);1-2H3. The summed E-state index contributed by atoms with van der Waals surface area (Å²) in [6.07, 6.45) is 0. The molecule has 0 bridgehead atoms. The van der Waals surface area contributed by atoms with Crippen molar-refractivity contribution >= 4 is 17.9 Å². The molecule has 0 spiro atoms. The highest BCUT2D eigenvalue weighted by atomic mass is 32.2. The first kappa shape index (κ1) is 14.4. The highest BCUT2D eigenvalue weighted by molar-refractivity contribution is 7.97. The molecule has 3 rings (SSSR count). The van der Waals surface area contributed by atoms with E-state index in [0.29, 0.717) is 11.8 Å². The monoisotopic (exact) mass is 279 g/mol. The number of hydrogen-bond donors (Lipinski definition) is 1. The number of piperidine rings is 1. The van der Waals surface area contributed by atoms with Gasteiger partial charge in [-0.15, -0.1) is 0 Å². The van der Waals surface area contributed by atoms with E-state index in [-0.39, 0.29) is 5.92 Å². The van der Waals surface area contributed by atoms with Crippen molar-refractivity contribution in [3.63, 3.8) is 0 Å². The number of nitrogens with zero attached hydrogens (tertiary/aromatic N) is 1. The Bertz CT molecular complexity index is 434. The van der Waals surface area contributed by atoms with Gasteiger partial charge < -0.3 is 5.11 Å². The van der Waals surface area contributed by atoms with Gasteiger partial charge >= 0.3 is 5.97 Å². The number of carboxylic acid groups (broad SMARTS) is 1. The lowest BCUT2D eigenvalue weighted by Gasteiger charge is -2.17. The molecule has 0 amide bonds. The maximum Gasteiger partial charge on any atom is 0.307 e. The molecule has 1 aliphatic carbocycles. The maximum atomic E-state index is 10.9. The van der Waals surface area contributed by atoms with Gasteiger partial charge in [0.2, 0.25) is 0 Å². The molecule has 1 N–H and O–H groups in total. The van der Waals surface area contributed by atoms with Crippen LogP contribution in [0.15, 0.2) is 29.2 Å². The lowest BCUT2D eigenvalue weighted by atomic mass is 10.2. The van der Waals surface area contributed by atoms with E-state index in [9.17, 15) is 4.79 Å². The molecule has 2 fully saturated rings. The minimum atomic E-state index is -0.611. The van der Waals surface area contributed by atoms with Crippen molar-refractivity contribution in [3.05, 3.63) is 29.8 Å². The molecule has 1 aromatic carbocycles. The lowest BCUT2D eigenvalue weighted by molar-refractivity contribution is -0.139. The summed E-state index contributed by atoms with van der Waals surface area (Å²) in [6, 6.07) is 8.47. The van der Waals surface area contributed by atoms with Crippen LogP contribution in [0.4, 0.5) is 0 Å². The Morgan fingerprint density at radius 1 is 1.21 bits per heavy atom. The van der Waals surface area contributed by atoms with Crippen LogP contribution in [0.25, 0.3) is 0 Å². The minimum Gasteiger partial charge on any atom is -0.481 e. The SMILES string of the molecule is CC.Cc1ccc(SN2CC3C(C2)C3C(=O)O)cc1. The van der Waals surface area contributed by atoms with E-state index >= 15 is 0 Å². The summed E-state index contributed by atoms with van der Waals surface area (Å²) in [4.78, 5) is 12.1. The third-order valence-corrected chi connectivity index (χ3v) is 4.74. The van der Waals surface area contributed by atoms with Gasteiger partial charge in [0.25, 0.3) is 0 Å². The molecule has 2 atom stereocenters. The third kappa shape index (κ3) is 3.12. The Hall–Kier alpha value is -1.00. The largest absolute Gasteiger partial charge is 0.481 e. The zero-order chi connectivity index (χ0) is 14.0. The number of hydrogen-bond acceptors (Lipinski definition) is 3. The molecule has 1 aliphatic heterocycles. The zero-order valence-corrected chi connectivity index (χ0v) is 12.5. The van der Waals surface area contributed by atoms with Gasteiger partial charge in [-0.1, -0.05) is 31.5 Å². The first-order valence-electron chi connectivity index (χ1n) is 6.87. The summed E-state index contributed by atoms with van der Waals surface area (Å²) < 4.78 is 2.29. The van der Waals surface area contributed by atoms with Gasteiger partial charge in [-0.2, -0.15) is 0 Å². The highest BCUT2D eigenvalue weighted by Gasteiger charge is 2.59. The van der Waals surface area contributed by atoms with Crippen molar-refractivity contribution in [1.29, 1.82) is 0 Å². The van der Waals surface area contributed by atoms with Crippen LogP contribution in [-0.2, 0) is 4.79 Å². The van der Waals surface area contributed by atoms with E-state index in [2.05, 4.69) is 35.5 Å². The average molecular weight is 279 g/mol. The van der Waals surface area contributed by atoms with Crippen LogP contribution < -0.4 is 0 Å². The fourth-order valence-electron chi connectivity index (χ4n) is 2.68. The van der Waals surface area contributed by atoms with Crippen molar-refractivity contribution in [2.24, 2.45) is 17.8 Å². The summed E-state index contributed by atoms with van der Waals surface area (Å²) >= 11 is 1.75. The number of carbonyl (C=O) groups is 1. The van der Waals surface area contributed by atoms with Crippen molar-refractivity contribution < 1.29 is 9.90 Å². The summed E-state index contributed by atoms with van der Waals surface area (Å²) in [5.41, 5.74) is 1.27. The Morgan fingerprint density at radius 2 is 1.74 bits per heavy atom. The van der Waals surface area contributed by atoms with Crippen LogP contribution in [0.1, 0.15) is 19.4 Å². The van der Waals surface area contributed by atoms with E-state index in [4.69, 9.17) is 5.11 Å².